The number of carbonyl (C=O) groups excluding carboxylic acids is 1. The quantitative estimate of drug-likeness (QED) is 0.0296. The van der Waals surface area contributed by atoms with Crippen LogP contribution in [0.25, 0.3) is 0 Å². The Labute approximate surface area is 305 Å². The van der Waals surface area contributed by atoms with Gasteiger partial charge in [0.05, 0.1) is 19.8 Å². The van der Waals surface area contributed by atoms with Crippen LogP contribution >= 0.6 is 0 Å². The average Bonchev–Trinajstić information content (AvgIpc) is 3.11. The van der Waals surface area contributed by atoms with Gasteiger partial charge in [0.25, 0.3) is 0 Å². The molecule has 0 aliphatic carbocycles. The fourth-order valence-electron chi connectivity index (χ4n) is 6.11. The summed E-state index contributed by atoms with van der Waals surface area (Å²) in [7, 11) is 0. The van der Waals surface area contributed by atoms with Gasteiger partial charge in [-0.1, -0.05) is 141 Å². The molecule has 1 heterocycles. The minimum absolute atomic E-state index is 0.114. The Morgan fingerprint density at radius 2 is 1.16 bits per heavy atom. The number of unbranched alkanes of at least 4 members (excludes halogenated alkanes) is 19. The molecule has 0 aromatic carbocycles. The minimum atomic E-state index is -1.53. The highest BCUT2D eigenvalue weighted by Crippen LogP contribution is 2.22. The lowest BCUT2D eigenvalue weighted by Gasteiger charge is -2.39. The number of aliphatic hydroxyl groups excluding tert-OH is 4. The van der Waals surface area contributed by atoms with Crippen molar-refractivity contribution in [2.75, 3.05) is 26.4 Å². The molecule has 1 saturated heterocycles. The lowest BCUT2D eigenvalue weighted by molar-refractivity contribution is -0.305. The largest absolute Gasteiger partial charge is 0.457 e. The molecule has 9 nitrogen and oxygen atoms in total. The SMILES string of the molecule is CCCCC/C=C\C/C=C\CCCCCCCCCC(=O)OC(COCCCCCCCCCCCC)COC1OC(CO)C(O)C(O)C1O. The molecule has 1 fully saturated rings. The highest BCUT2D eigenvalue weighted by molar-refractivity contribution is 5.69. The summed E-state index contributed by atoms with van der Waals surface area (Å²) in [6.07, 6.45) is 29.1. The van der Waals surface area contributed by atoms with E-state index in [1.807, 2.05) is 0 Å². The first-order valence-corrected chi connectivity index (χ1v) is 20.4. The Kier molecular flexibility index (Phi) is 31.3. The third kappa shape index (κ3) is 24.8. The van der Waals surface area contributed by atoms with Crippen LogP contribution in [0.2, 0.25) is 0 Å². The molecule has 0 aromatic rings. The van der Waals surface area contributed by atoms with Gasteiger partial charge in [0.1, 0.15) is 30.5 Å². The highest BCUT2D eigenvalue weighted by atomic mass is 16.7. The fraction of sp³-hybridized carbons (Fsp3) is 0.878. The molecule has 0 saturated carbocycles. The van der Waals surface area contributed by atoms with Crippen molar-refractivity contribution in [1.82, 2.24) is 0 Å². The van der Waals surface area contributed by atoms with Crippen LogP contribution in [0.5, 0.6) is 0 Å². The van der Waals surface area contributed by atoms with Gasteiger partial charge in [-0.3, -0.25) is 4.79 Å². The number of carbonyl (C=O) groups is 1. The van der Waals surface area contributed by atoms with Gasteiger partial charge < -0.3 is 39.4 Å². The van der Waals surface area contributed by atoms with E-state index in [1.54, 1.807) is 0 Å². The van der Waals surface area contributed by atoms with E-state index < -0.39 is 43.4 Å². The third-order valence-corrected chi connectivity index (χ3v) is 9.37. The van der Waals surface area contributed by atoms with E-state index in [-0.39, 0.29) is 19.2 Å². The molecule has 0 amide bonds. The number of esters is 1. The zero-order valence-corrected chi connectivity index (χ0v) is 31.9. The second kappa shape index (κ2) is 33.5. The number of ether oxygens (including phenoxy) is 4. The van der Waals surface area contributed by atoms with Gasteiger partial charge in [0, 0.05) is 13.0 Å². The summed E-state index contributed by atoms with van der Waals surface area (Å²) in [5, 5.41) is 39.9. The maximum Gasteiger partial charge on any atom is 0.306 e. The molecule has 1 aliphatic heterocycles. The molecular formula is C41H76O9. The predicted octanol–water partition coefficient (Wildman–Crippen LogP) is 8.25. The molecule has 4 N–H and O–H groups in total. The van der Waals surface area contributed by atoms with Gasteiger partial charge in [-0.15, -0.1) is 0 Å². The van der Waals surface area contributed by atoms with Crippen molar-refractivity contribution in [2.24, 2.45) is 0 Å². The van der Waals surface area contributed by atoms with E-state index in [0.717, 1.165) is 44.9 Å². The Bertz CT molecular complexity index is 818. The summed E-state index contributed by atoms with van der Waals surface area (Å²) in [5.41, 5.74) is 0. The summed E-state index contributed by atoms with van der Waals surface area (Å²) >= 11 is 0. The summed E-state index contributed by atoms with van der Waals surface area (Å²) in [4.78, 5) is 12.7. The van der Waals surface area contributed by atoms with Gasteiger partial charge in [-0.25, -0.2) is 0 Å². The van der Waals surface area contributed by atoms with Gasteiger partial charge in [-0.2, -0.15) is 0 Å². The predicted molar refractivity (Wildman–Crippen MR) is 201 cm³/mol. The third-order valence-electron chi connectivity index (χ3n) is 9.37. The van der Waals surface area contributed by atoms with Crippen molar-refractivity contribution in [3.8, 4) is 0 Å². The lowest BCUT2D eigenvalue weighted by atomic mass is 9.99. The van der Waals surface area contributed by atoms with Crippen LogP contribution in [-0.2, 0) is 23.7 Å². The van der Waals surface area contributed by atoms with Crippen LogP contribution < -0.4 is 0 Å². The van der Waals surface area contributed by atoms with E-state index >= 15 is 0 Å². The Hall–Kier alpha value is -1.33. The molecule has 1 rings (SSSR count). The molecular weight excluding hydrogens is 636 g/mol. The zero-order valence-electron chi connectivity index (χ0n) is 31.9. The lowest BCUT2D eigenvalue weighted by Crippen LogP contribution is -2.59. The second-order valence-corrected chi connectivity index (χ2v) is 14.1. The number of hydrogen-bond donors (Lipinski definition) is 4. The van der Waals surface area contributed by atoms with Crippen molar-refractivity contribution in [3.63, 3.8) is 0 Å². The standard InChI is InChI=1S/C41H76O9/c1-3-5-7-9-11-13-15-16-17-18-19-20-21-22-24-26-28-30-37(43)49-35(33-47-31-29-27-25-23-14-12-10-8-6-4-2)34-48-41-40(46)39(45)38(44)36(32-42)50-41/h11,13,16-17,35-36,38-42,44-46H,3-10,12,14-15,18-34H2,1-2H3/b13-11-,17-16-. The average molecular weight is 713 g/mol. The van der Waals surface area contributed by atoms with E-state index in [2.05, 4.69) is 38.2 Å². The summed E-state index contributed by atoms with van der Waals surface area (Å²) in [6, 6.07) is 0. The van der Waals surface area contributed by atoms with E-state index in [9.17, 15) is 25.2 Å². The Balaban J connectivity index is 2.29. The molecule has 9 heteroatoms. The molecule has 1 aliphatic rings. The molecule has 6 unspecified atom stereocenters. The Morgan fingerprint density at radius 1 is 0.640 bits per heavy atom. The molecule has 0 spiro atoms. The second-order valence-electron chi connectivity index (χ2n) is 14.1. The highest BCUT2D eigenvalue weighted by Gasteiger charge is 2.44. The molecule has 0 bridgehead atoms. The monoisotopic (exact) mass is 713 g/mol. The maximum atomic E-state index is 12.7. The van der Waals surface area contributed by atoms with Crippen LogP contribution in [0, 0.1) is 0 Å². The van der Waals surface area contributed by atoms with E-state index in [4.69, 9.17) is 18.9 Å². The Morgan fingerprint density at radius 3 is 1.76 bits per heavy atom. The maximum absolute atomic E-state index is 12.7. The number of rotatable bonds is 34. The summed E-state index contributed by atoms with van der Waals surface area (Å²) < 4.78 is 22.7. The number of allylic oxidation sites excluding steroid dienone is 4. The van der Waals surface area contributed by atoms with Gasteiger partial charge >= 0.3 is 5.97 Å². The molecule has 294 valence electrons. The van der Waals surface area contributed by atoms with Crippen molar-refractivity contribution < 1.29 is 44.2 Å². The van der Waals surface area contributed by atoms with Gasteiger partial charge in [0.2, 0.25) is 0 Å². The van der Waals surface area contributed by atoms with Crippen LogP contribution in [0.1, 0.15) is 168 Å². The molecule has 6 atom stereocenters. The van der Waals surface area contributed by atoms with Crippen molar-refractivity contribution in [1.29, 1.82) is 0 Å². The normalized spacial score (nSPS) is 21.8. The van der Waals surface area contributed by atoms with Crippen LogP contribution in [0.3, 0.4) is 0 Å². The van der Waals surface area contributed by atoms with Gasteiger partial charge in [0.15, 0.2) is 6.29 Å². The van der Waals surface area contributed by atoms with Crippen LogP contribution in [-0.4, -0.2) is 89.6 Å². The van der Waals surface area contributed by atoms with Crippen molar-refractivity contribution in [3.05, 3.63) is 24.3 Å². The van der Waals surface area contributed by atoms with E-state index in [0.29, 0.717) is 13.0 Å². The minimum Gasteiger partial charge on any atom is -0.457 e. The zero-order chi connectivity index (χ0) is 36.5. The molecule has 0 aromatic heterocycles. The first kappa shape index (κ1) is 46.7. The van der Waals surface area contributed by atoms with Crippen molar-refractivity contribution in [2.45, 2.75) is 205 Å². The summed E-state index contributed by atoms with van der Waals surface area (Å²) in [5.74, 6) is -0.322. The van der Waals surface area contributed by atoms with E-state index in [1.165, 1.54) is 103 Å². The smallest absolute Gasteiger partial charge is 0.306 e. The molecule has 0 radical (unpaired) electrons. The van der Waals surface area contributed by atoms with Crippen LogP contribution in [0.15, 0.2) is 24.3 Å². The first-order chi connectivity index (χ1) is 24.4. The van der Waals surface area contributed by atoms with Crippen molar-refractivity contribution >= 4 is 5.97 Å². The first-order valence-electron chi connectivity index (χ1n) is 20.4. The topological polar surface area (TPSA) is 135 Å². The summed E-state index contributed by atoms with van der Waals surface area (Å²) in [6.45, 7) is 4.51. The molecule has 50 heavy (non-hydrogen) atoms. The van der Waals surface area contributed by atoms with Gasteiger partial charge in [-0.05, 0) is 44.9 Å². The van der Waals surface area contributed by atoms with Crippen LogP contribution in [0.4, 0.5) is 0 Å². The number of aliphatic hydroxyl groups is 4. The number of hydrogen-bond acceptors (Lipinski definition) is 9. The fourth-order valence-corrected chi connectivity index (χ4v) is 6.11.